The molecule has 1 saturated carbocycles. The second-order valence-corrected chi connectivity index (χ2v) is 3.96. The molecule has 0 spiro atoms. The predicted molar refractivity (Wildman–Crippen MR) is 52.9 cm³/mol. The highest BCUT2D eigenvalue weighted by Gasteiger charge is 2.32. The first-order chi connectivity index (χ1) is 7.55. The summed E-state index contributed by atoms with van der Waals surface area (Å²) in [6.45, 7) is 0.741. The van der Waals surface area contributed by atoms with E-state index in [1.54, 1.807) is 0 Å². The van der Waals surface area contributed by atoms with Crippen LogP contribution in [0.1, 0.15) is 25.0 Å². The number of halogens is 3. The molecule has 3 nitrogen and oxygen atoms in total. The van der Waals surface area contributed by atoms with Crippen LogP contribution in [-0.4, -0.2) is 16.7 Å². The maximum atomic E-state index is 12.2. The molecule has 16 heavy (non-hydrogen) atoms. The molecule has 0 radical (unpaired) electrons. The molecule has 0 aromatic carbocycles. The number of hydrogen-bond acceptors (Lipinski definition) is 3. The van der Waals surface area contributed by atoms with Gasteiger partial charge in [0.2, 0.25) is 0 Å². The van der Waals surface area contributed by atoms with Gasteiger partial charge in [0.1, 0.15) is 5.82 Å². The summed E-state index contributed by atoms with van der Waals surface area (Å²) in [7, 11) is 0. The van der Waals surface area contributed by atoms with Crippen molar-refractivity contribution in [2.24, 2.45) is 5.92 Å². The third-order valence-corrected chi connectivity index (χ3v) is 2.51. The minimum atomic E-state index is -4.42. The molecule has 1 fully saturated rings. The predicted octanol–water partition coefficient (Wildman–Crippen LogP) is 2.71. The molecule has 2 rings (SSSR count). The lowest BCUT2D eigenvalue weighted by molar-refractivity contribution is -0.141. The Morgan fingerprint density at radius 1 is 1.25 bits per heavy atom. The van der Waals surface area contributed by atoms with Crippen LogP contribution in [0.2, 0.25) is 0 Å². The molecule has 1 aromatic heterocycles. The molecule has 0 saturated heterocycles. The first-order valence-electron chi connectivity index (χ1n) is 5.20. The van der Waals surface area contributed by atoms with E-state index in [9.17, 15) is 13.2 Å². The van der Waals surface area contributed by atoms with E-state index in [4.69, 9.17) is 0 Å². The Labute approximate surface area is 91.1 Å². The van der Waals surface area contributed by atoms with Crippen molar-refractivity contribution in [2.75, 3.05) is 11.9 Å². The van der Waals surface area contributed by atoms with Gasteiger partial charge in [0.05, 0.1) is 0 Å². The molecular weight excluding hydrogens is 219 g/mol. The Bertz CT molecular complexity index is 343. The van der Waals surface area contributed by atoms with Gasteiger partial charge in [0.15, 0.2) is 5.69 Å². The van der Waals surface area contributed by atoms with Gasteiger partial charge in [-0.05, 0) is 24.5 Å². The fourth-order valence-corrected chi connectivity index (χ4v) is 1.39. The van der Waals surface area contributed by atoms with Crippen molar-refractivity contribution in [1.82, 2.24) is 10.2 Å². The van der Waals surface area contributed by atoms with E-state index in [1.807, 2.05) is 0 Å². The van der Waals surface area contributed by atoms with Crippen LogP contribution in [0, 0.1) is 5.92 Å². The number of rotatable bonds is 4. The number of aromatic nitrogens is 2. The van der Waals surface area contributed by atoms with Gasteiger partial charge in [0.25, 0.3) is 0 Å². The van der Waals surface area contributed by atoms with Crippen molar-refractivity contribution in [3.8, 4) is 0 Å². The summed E-state index contributed by atoms with van der Waals surface area (Å²) in [6, 6.07) is 2.25. The lowest BCUT2D eigenvalue weighted by Gasteiger charge is -2.06. The van der Waals surface area contributed by atoms with Crippen molar-refractivity contribution in [2.45, 2.75) is 25.4 Å². The highest BCUT2D eigenvalue weighted by Crippen LogP contribution is 2.32. The van der Waals surface area contributed by atoms with Crippen LogP contribution in [0.5, 0.6) is 0 Å². The standard InChI is InChI=1S/C10H12F3N3/c11-10(12,13)8-3-4-9(16-15-8)14-6-5-7-1-2-7/h3-4,7H,1-2,5-6H2,(H,14,16). The normalized spacial score (nSPS) is 16.2. The van der Waals surface area contributed by atoms with Crippen molar-refractivity contribution in [3.63, 3.8) is 0 Å². The molecule has 88 valence electrons. The summed E-state index contributed by atoms with van der Waals surface area (Å²) in [6.07, 6.45) is -0.844. The summed E-state index contributed by atoms with van der Waals surface area (Å²) in [5.41, 5.74) is -0.958. The van der Waals surface area contributed by atoms with E-state index >= 15 is 0 Å². The fraction of sp³-hybridized carbons (Fsp3) is 0.600. The number of alkyl halides is 3. The number of hydrogen-bond donors (Lipinski definition) is 1. The molecule has 0 bridgehead atoms. The van der Waals surface area contributed by atoms with E-state index in [0.29, 0.717) is 5.82 Å². The molecular formula is C10H12F3N3. The number of nitrogens with one attached hydrogen (secondary N) is 1. The average molecular weight is 231 g/mol. The Balaban J connectivity index is 1.85. The van der Waals surface area contributed by atoms with E-state index in [-0.39, 0.29) is 0 Å². The number of anilines is 1. The smallest absolute Gasteiger partial charge is 0.369 e. The second kappa shape index (κ2) is 4.27. The van der Waals surface area contributed by atoms with Gasteiger partial charge in [-0.3, -0.25) is 0 Å². The van der Waals surface area contributed by atoms with Gasteiger partial charge in [0, 0.05) is 6.54 Å². The van der Waals surface area contributed by atoms with Crippen molar-refractivity contribution >= 4 is 5.82 Å². The van der Waals surface area contributed by atoms with Gasteiger partial charge < -0.3 is 5.32 Å². The monoisotopic (exact) mass is 231 g/mol. The first kappa shape index (κ1) is 11.2. The molecule has 6 heteroatoms. The van der Waals surface area contributed by atoms with Crippen LogP contribution in [0.15, 0.2) is 12.1 Å². The second-order valence-electron chi connectivity index (χ2n) is 3.96. The van der Waals surface area contributed by atoms with Crippen LogP contribution in [0.3, 0.4) is 0 Å². The lowest BCUT2D eigenvalue weighted by Crippen LogP contribution is -2.11. The molecule has 1 heterocycles. The third-order valence-electron chi connectivity index (χ3n) is 2.51. The van der Waals surface area contributed by atoms with Crippen molar-refractivity contribution < 1.29 is 13.2 Å². The fourth-order valence-electron chi connectivity index (χ4n) is 1.39. The average Bonchev–Trinajstić information content (AvgIpc) is 3.01. The van der Waals surface area contributed by atoms with Crippen LogP contribution in [-0.2, 0) is 6.18 Å². The Kier molecular flexibility index (Phi) is 2.98. The van der Waals surface area contributed by atoms with Crippen LogP contribution in [0.4, 0.5) is 19.0 Å². The highest BCUT2D eigenvalue weighted by molar-refractivity contribution is 5.33. The maximum Gasteiger partial charge on any atom is 0.435 e. The Hall–Kier alpha value is -1.33. The highest BCUT2D eigenvalue weighted by atomic mass is 19.4. The molecule has 1 aromatic rings. The van der Waals surface area contributed by atoms with Gasteiger partial charge in [-0.1, -0.05) is 12.8 Å². The summed E-state index contributed by atoms with van der Waals surface area (Å²) in [4.78, 5) is 0. The van der Waals surface area contributed by atoms with E-state index < -0.39 is 11.9 Å². The van der Waals surface area contributed by atoms with Gasteiger partial charge in [-0.2, -0.15) is 13.2 Å². The molecule has 0 unspecified atom stereocenters. The van der Waals surface area contributed by atoms with Gasteiger partial charge in [-0.25, -0.2) is 0 Å². The van der Waals surface area contributed by atoms with E-state index in [1.165, 1.54) is 18.9 Å². The van der Waals surface area contributed by atoms with Crippen LogP contribution >= 0.6 is 0 Å². The van der Waals surface area contributed by atoms with Crippen molar-refractivity contribution in [1.29, 1.82) is 0 Å². The van der Waals surface area contributed by atoms with Gasteiger partial charge >= 0.3 is 6.18 Å². The number of nitrogens with zero attached hydrogens (tertiary/aromatic N) is 2. The van der Waals surface area contributed by atoms with E-state index in [0.717, 1.165) is 24.9 Å². The quantitative estimate of drug-likeness (QED) is 0.865. The summed E-state index contributed by atoms with van der Waals surface area (Å²) >= 11 is 0. The third kappa shape index (κ3) is 3.08. The summed E-state index contributed by atoms with van der Waals surface area (Å²) < 4.78 is 36.5. The Morgan fingerprint density at radius 2 is 2.00 bits per heavy atom. The zero-order valence-corrected chi connectivity index (χ0v) is 8.59. The zero-order valence-electron chi connectivity index (χ0n) is 8.59. The Morgan fingerprint density at radius 3 is 2.50 bits per heavy atom. The molecule has 1 aliphatic rings. The molecule has 0 aliphatic heterocycles. The molecule has 1 aliphatic carbocycles. The SMILES string of the molecule is FC(F)(F)c1ccc(NCCC2CC2)nn1. The van der Waals surface area contributed by atoms with Crippen molar-refractivity contribution in [3.05, 3.63) is 17.8 Å². The minimum Gasteiger partial charge on any atom is -0.369 e. The van der Waals surface area contributed by atoms with Gasteiger partial charge in [-0.15, -0.1) is 10.2 Å². The largest absolute Gasteiger partial charge is 0.435 e. The van der Waals surface area contributed by atoms with Crippen LogP contribution < -0.4 is 5.32 Å². The minimum absolute atomic E-state index is 0.397. The molecule has 1 N–H and O–H groups in total. The summed E-state index contributed by atoms with van der Waals surface area (Å²) in [5, 5.41) is 9.56. The van der Waals surface area contributed by atoms with E-state index in [2.05, 4.69) is 15.5 Å². The zero-order chi connectivity index (χ0) is 11.6. The maximum absolute atomic E-state index is 12.2. The lowest BCUT2D eigenvalue weighted by atomic mass is 10.3. The summed E-state index contributed by atoms with van der Waals surface area (Å²) in [5.74, 6) is 1.18. The first-order valence-corrected chi connectivity index (χ1v) is 5.20. The topological polar surface area (TPSA) is 37.8 Å². The molecule has 0 amide bonds. The molecule has 0 atom stereocenters. The van der Waals surface area contributed by atoms with Crippen LogP contribution in [0.25, 0.3) is 0 Å².